The number of hydrogen-bond acceptors (Lipinski definition) is 3. The quantitative estimate of drug-likeness (QED) is 0.904. The van der Waals surface area contributed by atoms with Crippen molar-refractivity contribution >= 4 is 11.8 Å². The Morgan fingerprint density at radius 2 is 2.06 bits per heavy atom. The lowest BCUT2D eigenvalue weighted by atomic mass is 9.98. The van der Waals surface area contributed by atoms with Crippen LogP contribution < -0.4 is 5.32 Å². The van der Waals surface area contributed by atoms with E-state index in [4.69, 9.17) is 4.74 Å². The Hall–Kier alpha value is -0.510. The molecule has 0 aliphatic carbocycles. The molecule has 1 aliphatic heterocycles. The molecule has 100 valence electrons. The van der Waals surface area contributed by atoms with E-state index in [-0.39, 0.29) is 0 Å². The monoisotopic (exact) mass is 265 g/mol. The van der Waals surface area contributed by atoms with Gasteiger partial charge in [-0.25, -0.2) is 0 Å². The van der Waals surface area contributed by atoms with Gasteiger partial charge in [0.1, 0.15) is 0 Å². The van der Waals surface area contributed by atoms with Crippen LogP contribution in [0.2, 0.25) is 0 Å². The van der Waals surface area contributed by atoms with Crippen LogP contribution in [0.1, 0.15) is 16.7 Å². The number of benzene rings is 1. The minimum atomic E-state index is 0.342. The zero-order valence-electron chi connectivity index (χ0n) is 11.5. The standard InChI is InChI=1S/C15H23NOS/c1-11-6-12(2)8-13(7-11)9-14(16-3)15-10-18-5-4-17-15/h6-8,14-16H,4-5,9-10H2,1-3H3. The van der Waals surface area contributed by atoms with Gasteiger partial charge in [-0.3, -0.25) is 0 Å². The summed E-state index contributed by atoms with van der Waals surface area (Å²) in [6.45, 7) is 5.22. The average Bonchev–Trinajstić information content (AvgIpc) is 2.36. The first-order chi connectivity index (χ1) is 8.69. The lowest BCUT2D eigenvalue weighted by Gasteiger charge is -2.30. The fourth-order valence-corrected chi connectivity index (χ4v) is 3.54. The van der Waals surface area contributed by atoms with E-state index in [0.717, 1.165) is 24.5 Å². The van der Waals surface area contributed by atoms with Crippen LogP contribution in [0.4, 0.5) is 0 Å². The molecule has 0 saturated carbocycles. The van der Waals surface area contributed by atoms with Crippen molar-refractivity contribution in [1.82, 2.24) is 5.32 Å². The highest BCUT2D eigenvalue weighted by atomic mass is 32.2. The van der Waals surface area contributed by atoms with E-state index in [9.17, 15) is 0 Å². The highest BCUT2D eigenvalue weighted by Gasteiger charge is 2.23. The van der Waals surface area contributed by atoms with Gasteiger partial charge in [0.2, 0.25) is 0 Å². The van der Waals surface area contributed by atoms with Crippen LogP contribution >= 0.6 is 11.8 Å². The molecule has 18 heavy (non-hydrogen) atoms. The normalized spacial score (nSPS) is 21.8. The SMILES string of the molecule is CNC(Cc1cc(C)cc(C)c1)C1CSCCO1. The van der Waals surface area contributed by atoms with E-state index < -0.39 is 0 Å². The predicted octanol–water partition coefficient (Wildman–Crippen LogP) is 2.57. The Kier molecular flexibility index (Phi) is 5.10. The molecule has 2 unspecified atom stereocenters. The average molecular weight is 265 g/mol. The van der Waals surface area contributed by atoms with Gasteiger partial charge < -0.3 is 10.1 Å². The summed E-state index contributed by atoms with van der Waals surface area (Å²) in [5.41, 5.74) is 4.10. The summed E-state index contributed by atoms with van der Waals surface area (Å²) < 4.78 is 5.88. The third-order valence-electron chi connectivity index (χ3n) is 3.40. The van der Waals surface area contributed by atoms with Crippen LogP contribution in [-0.4, -0.2) is 37.3 Å². The second kappa shape index (κ2) is 6.60. The maximum absolute atomic E-state index is 5.88. The lowest BCUT2D eigenvalue weighted by molar-refractivity contribution is 0.0492. The first kappa shape index (κ1) is 13.9. The van der Waals surface area contributed by atoms with Crippen LogP contribution in [0.25, 0.3) is 0 Å². The van der Waals surface area contributed by atoms with Crippen molar-refractivity contribution in [3.05, 3.63) is 34.9 Å². The minimum absolute atomic E-state index is 0.342. The van der Waals surface area contributed by atoms with Gasteiger partial charge in [-0.1, -0.05) is 29.3 Å². The summed E-state index contributed by atoms with van der Waals surface area (Å²) in [4.78, 5) is 0. The van der Waals surface area contributed by atoms with Gasteiger partial charge in [0, 0.05) is 17.5 Å². The van der Waals surface area contributed by atoms with E-state index in [1.54, 1.807) is 0 Å². The Morgan fingerprint density at radius 1 is 1.33 bits per heavy atom. The Balaban J connectivity index is 2.04. The number of ether oxygens (including phenoxy) is 1. The maximum atomic E-state index is 5.88. The minimum Gasteiger partial charge on any atom is -0.375 e. The number of rotatable bonds is 4. The van der Waals surface area contributed by atoms with E-state index in [1.165, 1.54) is 16.7 Å². The molecule has 0 bridgehead atoms. The molecule has 0 spiro atoms. The molecular weight excluding hydrogens is 242 g/mol. The molecule has 1 fully saturated rings. The predicted molar refractivity (Wildman–Crippen MR) is 79.5 cm³/mol. The summed E-state index contributed by atoms with van der Waals surface area (Å²) in [7, 11) is 2.04. The van der Waals surface area contributed by atoms with Crippen molar-refractivity contribution in [2.45, 2.75) is 32.4 Å². The fourth-order valence-electron chi connectivity index (χ4n) is 2.60. The fraction of sp³-hybridized carbons (Fsp3) is 0.600. The topological polar surface area (TPSA) is 21.3 Å². The van der Waals surface area contributed by atoms with Crippen molar-refractivity contribution in [3.63, 3.8) is 0 Å². The first-order valence-electron chi connectivity index (χ1n) is 6.63. The molecular formula is C15H23NOS. The van der Waals surface area contributed by atoms with Crippen LogP contribution in [-0.2, 0) is 11.2 Å². The zero-order chi connectivity index (χ0) is 13.0. The van der Waals surface area contributed by atoms with Crippen LogP contribution in [0.15, 0.2) is 18.2 Å². The Morgan fingerprint density at radius 3 is 2.61 bits per heavy atom. The Bertz CT molecular complexity index is 368. The molecule has 0 radical (unpaired) electrons. The molecule has 2 atom stereocenters. The van der Waals surface area contributed by atoms with Crippen molar-refractivity contribution < 1.29 is 4.74 Å². The summed E-state index contributed by atoms with van der Waals surface area (Å²) >= 11 is 2.00. The molecule has 1 N–H and O–H groups in total. The molecule has 0 amide bonds. The molecule has 1 saturated heterocycles. The van der Waals surface area contributed by atoms with Gasteiger partial charge >= 0.3 is 0 Å². The summed E-state index contributed by atoms with van der Waals surface area (Å²) in [5.74, 6) is 2.24. The van der Waals surface area contributed by atoms with Gasteiger partial charge in [-0.15, -0.1) is 0 Å². The van der Waals surface area contributed by atoms with Crippen LogP contribution in [0, 0.1) is 13.8 Å². The lowest BCUT2D eigenvalue weighted by Crippen LogP contribution is -2.44. The summed E-state index contributed by atoms with van der Waals surface area (Å²) in [6, 6.07) is 7.21. The third kappa shape index (κ3) is 3.74. The molecule has 1 aliphatic rings. The van der Waals surface area contributed by atoms with Gasteiger partial charge in [-0.05, 0) is 32.9 Å². The van der Waals surface area contributed by atoms with Crippen molar-refractivity contribution in [2.24, 2.45) is 0 Å². The number of thioether (sulfide) groups is 1. The van der Waals surface area contributed by atoms with Gasteiger partial charge in [-0.2, -0.15) is 11.8 Å². The smallest absolute Gasteiger partial charge is 0.0821 e. The van der Waals surface area contributed by atoms with Gasteiger partial charge in [0.05, 0.1) is 12.7 Å². The molecule has 0 aromatic heterocycles. The Labute approximate surface area is 114 Å². The van der Waals surface area contributed by atoms with Crippen molar-refractivity contribution in [3.8, 4) is 0 Å². The van der Waals surface area contributed by atoms with Crippen molar-refractivity contribution in [2.75, 3.05) is 25.2 Å². The number of aryl methyl sites for hydroxylation is 2. The molecule has 2 nitrogen and oxygen atoms in total. The zero-order valence-corrected chi connectivity index (χ0v) is 12.3. The maximum Gasteiger partial charge on any atom is 0.0821 e. The van der Waals surface area contributed by atoms with Gasteiger partial charge in [0.25, 0.3) is 0 Å². The molecule has 1 aromatic carbocycles. The highest BCUT2D eigenvalue weighted by Crippen LogP contribution is 2.19. The molecule has 3 heteroatoms. The highest BCUT2D eigenvalue weighted by molar-refractivity contribution is 7.99. The summed E-state index contributed by atoms with van der Waals surface area (Å²) in [5, 5.41) is 3.42. The molecule has 1 heterocycles. The second-order valence-corrected chi connectivity index (χ2v) is 6.23. The summed E-state index contributed by atoms with van der Waals surface area (Å²) in [6.07, 6.45) is 1.39. The first-order valence-corrected chi connectivity index (χ1v) is 7.78. The second-order valence-electron chi connectivity index (χ2n) is 5.08. The van der Waals surface area contributed by atoms with Crippen LogP contribution in [0.5, 0.6) is 0 Å². The van der Waals surface area contributed by atoms with E-state index >= 15 is 0 Å². The number of nitrogens with one attached hydrogen (secondary N) is 1. The number of hydrogen-bond donors (Lipinski definition) is 1. The van der Waals surface area contributed by atoms with Gasteiger partial charge in [0.15, 0.2) is 0 Å². The largest absolute Gasteiger partial charge is 0.375 e. The van der Waals surface area contributed by atoms with E-state index in [0.29, 0.717) is 12.1 Å². The van der Waals surface area contributed by atoms with E-state index in [1.807, 2.05) is 18.8 Å². The third-order valence-corrected chi connectivity index (χ3v) is 4.42. The number of likely N-dealkylation sites (N-methyl/N-ethyl adjacent to an activating group) is 1. The molecule has 1 aromatic rings. The van der Waals surface area contributed by atoms with Crippen LogP contribution in [0.3, 0.4) is 0 Å². The van der Waals surface area contributed by atoms with Crippen molar-refractivity contribution in [1.29, 1.82) is 0 Å². The van der Waals surface area contributed by atoms with E-state index in [2.05, 4.69) is 37.4 Å². The molecule has 2 rings (SSSR count).